The predicted octanol–water partition coefficient (Wildman–Crippen LogP) is 1.06. The summed E-state index contributed by atoms with van der Waals surface area (Å²) in [7, 11) is 0. The zero-order valence-electron chi connectivity index (χ0n) is 10.1. The molecule has 1 atom stereocenters. The van der Waals surface area contributed by atoms with E-state index in [-0.39, 0.29) is 24.4 Å². The number of nitrogens with one attached hydrogen (secondary N) is 1. The highest BCUT2D eigenvalue weighted by Crippen LogP contribution is 2.31. The first-order valence-corrected chi connectivity index (χ1v) is 6.06. The smallest absolute Gasteiger partial charge is 0.257 e. The number of hydrogen-bond donors (Lipinski definition) is 2. The van der Waals surface area contributed by atoms with Crippen LogP contribution in [0.4, 0.5) is 4.39 Å². The second-order valence-electron chi connectivity index (χ2n) is 4.55. The molecule has 2 rings (SSSR count). The van der Waals surface area contributed by atoms with Crippen LogP contribution in [0.5, 0.6) is 5.75 Å². The Labute approximate surface area is 105 Å². The lowest BCUT2D eigenvalue weighted by atomic mass is 10.2. The molecule has 4 nitrogen and oxygen atoms in total. The third kappa shape index (κ3) is 4.00. The molecule has 18 heavy (non-hydrogen) atoms. The zero-order valence-corrected chi connectivity index (χ0v) is 10.1. The summed E-state index contributed by atoms with van der Waals surface area (Å²) in [4.78, 5) is 11.5. The van der Waals surface area contributed by atoms with Gasteiger partial charge in [0, 0.05) is 18.7 Å². The average Bonchev–Trinajstić information content (AvgIpc) is 3.17. The van der Waals surface area contributed by atoms with Gasteiger partial charge in [0.25, 0.3) is 5.91 Å². The Kier molecular flexibility index (Phi) is 4.15. The van der Waals surface area contributed by atoms with Crippen molar-refractivity contribution in [2.45, 2.75) is 18.9 Å². The van der Waals surface area contributed by atoms with E-state index in [0.29, 0.717) is 18.2 Å². The van der Waals surface area contributed by atoms with E-state index in [1.807, 2.05) is 0 Å². The van der Waals surface area contributed by atoms with E-state index in [2.05, 4.69) is 5.32 Å². The standard InChI is InChI=1S/C13H17FN2O2/c14-10-2-1-3-11(6-10)18-8-13(17)16-7-12(15)9-4-5-9/h1-3,6,9,12H,4-5,7-8,15H2,(H,16,17). The van der Waals surface area contributed by atoms with Crippen molar-refractivity contribution in [1.82, 2.24) is 5.32 Å². The Morgan fingerprint density at radius 2 is 2.33 bits per heavy atom. The molecule has 0 aromatic heterocycles. The Bertz CT molecular complexity index is 421. The molecule has 3 N–H and O–H groups in total. The van der Waals surface area contributed by atoms with Crippen molar-refractivity contribution in [2.75, 3.05) is 13.2 Å². The molecule has 0 radical (unpaired) electrons. The van der Waals surface area contributed by atoms with Gasteiger partial charge in [-0.15, -0.1) is 0 Å². The van der Waals surface area contributed by atoms with Gasteiger partial charge in [-0.1, -0.05) is 6.07 Å². The number of ether oxygens (including phenoxy) is 1. The topological polar surface area (TPSA) is 64.3 Å². The van der Waals surface area contributed by atoms with Crippen molar-refractivity contribution < 1.29 is 13.9 Å². The lowest BCUT2D eigenvalue weighted by Crippen LogP contribution is -2.40. The van der Waals surface area contributed by atoms with E-state index in [4.69, 9.17) is 10.5 Å². The van der Waals surface area contributed by atoms with Crippen molar-refractivity contribution in [2.24, 2.45) is 11.7 Å². The number of carbonyl (C=O) groups excluding carboxylic acids is 1. The Morgan fingerprint density at radius 3 is 3.00 bits per heavy atom. The molecule has 1 fully saturated rings. The molecule has 1 unspecified atom stereocenters. The molecule has 1 saturated carbocycles. The molecular formula is C13H17FN2O2. The fourth-order valence-corrected chi connectivity index (χ4v) is 1.68. The molecule has 5 heteroatoms. The summed E-state index contributed by atoms with van der Waals surface area (Å²) < 4.78 is 18.0. The number of hydrogen-bond acceptors (Lipinski definition) is 3. The van der Waals surface area contributed by atoms with Gasteiger partial charge in [-0.25, -0.2) is 4.39 Å². The summed E-state index contributed by atoms with van der Waals surface area (Å²) in [5.41, 5.74) is 5.85. The van der Waals surface area contributed by atoms with Crippen molar-refractivity contribution >= 4 is 5.91 Å². The van der Waals surface area contributed by atoms with Gasteiger partial charge < -0.3 is 15.8 Å². The second-order valence-corrected chi connectivity index (χ2v) is 4.55. The lowest BCUT2D eigenvalue weighted by molar-refractivity contribution is -0.123. The largest absolute Gasteiger partial charge is 0.484 e. The summed E-state index contributed by atoms with van der Waals surface area (Å²) in [5, 5.41) is 2.71. The molecule has 0 heterocycles. The van der Waals surface area contributed by atoms with Gasteiger partial charge in [0.15, 0.2) is 6.61 Å². The van der Waals surface area contributed by atoms with E-state index in [1.165, 1.54) is 18.2 Å². The van der Waals surface area contributed by atoms with Crippen molar-refractivity contribution in [1.29, 1.82) is 0 Å². The number of halogens is 1. The first kappa shape index (κ1) is 12.8. The molecule has 98 valence electrons. The van der Waals surface area contributed by atoms with Crippen LogP contribution < -0.4 is 15.8 Å². The van der Waals surface area contributed by atoms with Gasteiger partial charge in [-0.2, -0.15) is 0 Å². The van der Waals surface area contributed by atoms with Gasteiger partial charge in [0.1, 0.15) is 11.6 Å². The van der Waals surface area contributed by atoms with Crippen LogP contribution in [-0.2, 0) is 4.79 Å². The monoisotopic (exact) mass is 252 g/mol. The molecule has 0 spiro atoms. The quantitative estimate of drug-likeness (QED) is 0.795. The lowest BCUT2D eigenvalue weighted by Gasteiger charge is -2.12. The van der Waals surface area contributed by atoms with Gasteiger partial charge >= 0.3 is 0 Å². The number of rotatable bonds is 6. The van der Waals surface area contributed by atoms with Crippen LogP contribution in [0.1, 0.15) is 12.8 Å². The average molecular weight is 252 g/mol. The number of benzene rings is 1. The minimum Gasteiger partial charge on any atom is -0.484 e. The predicted molar refractivity (Wildman–Crippen MR) is 65.6 cm³/mol. The summed E-state index contributed by atoms with van der Waals surface area (Å²) in [6, 6.07) is 5.73. The first-order chi connectivity index (χ1) is 8.65. The van der Waals surface area contributed by atoms with E-state index >= 15 is 0 Å². The summed E-state index contributed by atoms with van der Waals surface area (Å²) >= 11 is 0. The van der Waals surface area contributed by atoms with Crippen LogP contribution in [-0.4, -0.2) is 25.1 Å². The summed E-state index contributed by atoms with van der Waals surface area (Å²) in [5.74, 6) is 0.269. The van der Waals surface area contributed by atoms with Crippen molar-refractivity contribution in [3.05, 3.63) is 30.1 Å². The third-order valence-corrected chi connectivity index (χ3v) is 2.93. The number of carbonyl (C=O) groups is 1. The molecule has 0 aliphatic heterocycles. The van der Waals surface area contributed by atoms with Crippen LogP contribution in [0, 0.1) is 11.7 Å². The molecule has 1 aromatic rings. The molecule has 1 aliphatic carbocycles. The van der Waals surface area contributed by atoms with Crippen LogP contribution in [0.2, 0.25) is 0 Å². The zero-order chi connectivity index (χ0) is 13.0. The Morgan fingerprint density at radius 1 is 1.56 bits per heavy atom. The van der Waals surface area contributed by atoms with Gasteiger partial charge in [-0.3, -0.25) is 4.79 Å². The number of nitrogens with two attached hydrogens (primary N) is 1. The van der Waals surface area contributed by atoms with Crippen molar-refractivity contribution in [3.8, 4) is 5.75 Å². The van der Waals surface area contributed by atoms with Crippen LogP contribution in [0.25, 0.3) is 0 Å². The normalized spacial score (nSPS) is 16.1. The Hall–Kier alpha value is -1.62. The molecule has 1 aromatic carbocycles. The van der Waals surface area contributed by atoms with Gasteiger partial charge in [0.2, 0.25) is 0 Å². The molecule has 0 saturated heterocycles. The highest BCUT2D eigenvalue weighted by Gasteiger charge is 2.28. The second kappa shape index (κ2) is 5.82. The minimum atomic E-state index is -0.385. The fourth-order valence-electron chi connectivity index (χ4n) is 1.68. The maximum atomic E-state index is 12.8. The highest BCUT2D eigenvalue weighted by atomic mass is 19.1. The third-order valence-electron chi connectivity index (χ3n) is 2.93. The maximum Gasteiger partial charge on any atom is 0.257 e. The van der Waals surface area contributed by atoms with Crippen LogP contribution in [0.15, 0.2) is 24.3 Å². The van der Waals surface area contributed by atoms with Gasteiger partial charge in [-0.05, 0) is 30.9 Å². The van der Waals surface area contributed by atoms with E-state index < -0.39 is 0 Å². The molecule has 0 bridgehead atoms. The first-order valence-electron chi connectivity index (χ1n) is 6.06. The van der Waals surface area contributed by atoms with Gasteiger partial charge in [0.05, 0.1) is 0 Å². The molecule has 1 amide bonds. The van der Waals surface area contributed by atoms with Crippen LogP contribution in [0.3, 0.4) is 0 Å². The molecular weight excluding hydrogens is 235 g/mol. The van der Waals surface area contributed by atoms with E-state index in [9.17, 15) is 9.18 Å². The highest BCUT2D eigenvalue weighted by molar-refractivity contribution is 5.77. The van der Waals surface area contributed by atoms with Crippen LogP contribution >= 0.6 is 0 Å². The fraction of sp³-hybridized carbons (Fsp3) is 0.462. The molecule has 1 aliphatic rings. The SMILES string of the molecule is NC(CNC(=O)COc1cccc(F)c1)C1CC1. The summed E-state index contributed by atoms with van der Waals surface area (Å²) in [6.45, 7) is 0.344. The Balaban J connectivity index is 1.67. The van der Waals surface area contributed by atoms with E-state index in [0.717, 1.165) is 12.8 Å². The maximum absolute atomic E-state index is 12.8. The number of amides is 1. The van der Waals surface area contributed by atoms with Crippen molar-refractivity contribution in [3.63, 3.8) is 0 Å². The summed E-state index contributed by atoms with van der Waals surface area (Å²) in [6.07, 6.45) is 2.30. The van der Waals surface area contributed by atoms with E-state index in [1.54, 1.807) is 6.07 Å². The minimum absolute atomic E-state index is 0.0307.